The van der Waals surface area contributed by atoms with E-state index in [1.807, 2.05) is 0 Å². The average molecular weight is 779 g/mol. The molecule has 1 aliphatic carbocycles. The summed E-state index contributed by atoms with van der Waals surface area (Å²) in [6.45, 7) is 11.6. The van der Waals surface area contributed by atoms with Gasteiger partial charge < -0.3 is 0 Å². The van der Waals surface area contributed by atoms with Gasteiger partial charge in [-0.05, 0) is 0 Å². The predicted octanol–water partition coefficient (Wildman–Crippen LogP) is 11.4. The number of hydrogen-bond donors (Lipinski definition) is 0. The van der Waals surface area contributed by atoms with Crippen molar-refractivity contribution in [2.45, 2.75) is 40.0 Å². The van der Waals surface area contributed by atoms with Crippen molar-refractivity contribution in [2.24, 2.45) is 0 Å². The maximum atomic E-state index is 2.61. The number of benzene rings is 8. The minimum atomic E-state index is -3.51. The third kappa shape index (κ3) is 4.55. The summed E-state index contributed by atoms with van der Waals surface area (Å²) in [5.74, 6) is 0. The van der Waals surface area contributed by atoms with Gasteiger partial charge in [0.15, 0.2) is 0 Å². The number of hydrogen-bond acceptors (Lipinski definition) is 1. The molecule has 0 bridgehead atoms. The number of anilines is 3. The summed E-state index contributed by atoms with van der Waals surface area (Å²) in [5.41, 5.74) is 21.0. The fourth-order valence-electron chi connectivity index (χ4n) is 10.5. The summed E-state index contributed by atoms with van der Waals surface area (Å²) < 4.78 is 6.25. The van der Waals surface area contributed by atoms with Crippen molar-refractivity contribution >= 4 is 47.9 Å². The molecule has 2 aliphatic heterocycles. The van der Waals surface area contributed by atoms with Crippen LogP contribution in [0.25, 0.3) is 44.5 Å². The van der Waals surface area contributed by atoms with Gasteiger partial charge in [0.1, 0.15) is 0 Å². The molecule has 1 spiro atoms. The molecule has 1 nitrogen and oxygen atoms in total. The molecular formula is C54H43GeN. The fraction of sp³-hybridized carbons (Fsp3) is 0.111. The van der Waals surface area contributed by atoms with Gasteiger partial charge in [0.2, 0.25) is 0 Å². The van der Waals surface area contributed by atoms with E-state index in [1.165, 1.54) is 93.8 Å². The SMILES string of the molecule is Cc1ccc2[c](c1)[Ge]1([c]3cc(C)ccc3-2)[c]2cc(C)ccc2-c2ccc(N(c3ccc4c(c3)C(C)(C)c3ccccc3-4)c3ccccc3-c3ccccc3)c[c]21. The molecule has 0 atom stereocenters. The first-order valence-corrected chi connectivity index (χ1v) is 24.1. The van der Waals surface area contributed by atoms with Gasteiger partial charge >= 0.3 is 335 Å². The zero-order chi connectivity index (χ0) is 37.9. The van der Waals surface area contributed by atoms with Crippen LogP contribution in [-0.4, -0.2) is 13.3 Å². The second-order valence-electron chi connectivity index (χ2n) is 16.7. The Labute approximate surface area is 333 Å². The molecule has 0 fully saturated rings. The van der Waals surface area contributed by atoms with E-state index < -0.39 is 13.3 Å². The zero-order valence-corrected chi connectivity index (χ0v) is 34.7. The normalized spacial score (nSPS) is 14.4. The Morgan fingerprint density at radius 1 is 0.375 bits per heavy atom. The zero-order valence-electron chi connectivity index (χ0n) is 32.6. The second kappa shape index (κ2) is 12.0. The molecule has 0 unspecified atom stereocenters. The predicted molar refractivity (Wildman–Crippen MR) is 240 cm³/mol. The van der Waals surface area contributed by atoms with Crippen molar-refractivity contribution < 1.29 is 0 Å². The number of fused-ring (bicyclic) bond motifs is 13. The van der Waals surface area contributed by atoms with Crippen molar-refractivity contribution in [3.63, 3.8) is 0 Å². The fourth-order valence-corrected chi connectivity index (χ4v) is 22.9. The van der Waals surface area contributed by atoms with Crippen LogP contribution in [0, 0.1) is 20.8 Å². The molecule has 2 heteroatoms. The molecule has 8 aromatic rings. The van der Waals surface area contributed by atoms with Gasteiger partial charge in [-0.1, -0.05) is 0 Å². The summed E-state index contributed by atoms with van der Waals surface area (Å²) in [6.07, 6.45) is 0. The van der Waals surface area contributed by atoms with Crippen LogP contribution < -0.4 is 22.5 Å². The van der Waals surface area contributed by atoms with Crippen LogP contribution in [0.4, 0.5) is 17.1 Å². The molecule has 268 valence electrons. The van der Waals surface area contributed by atoms with E-state index in [-0.39, 0.29) is 5.41 Å². The Kier molecular flexibility index (Phi) is 7.20. The molecule has 0 radical (unpaired) electrons. The van der Waals surface area contributed by atoms with Crippen LogP contribution in [0.2, 0.25) is 0 Å². The summed E-state index contributed by atoms with van der Waals surface area (Å²) in [5, 5.41) is 0. The Balaban J connectivity index is 1.21. The first-order valence-electron chi connectivity index (χ1n) is 19.9. The molecule has 0 N–H and O–H groups in total. The van der Waals surface area contributed by atoms with E-state index in [9.17, 15) is 0 Å². The standard InChI is InChI=1S/C54H43GeN/c1-34-19-24-43-44-25-20-35(2)30-50(44)55(49(43)29-34)51-31-36(3)21-26-45(51)46-28-23-39(33-52(46)55)56(53-18-12-10-15-40(53)37-13-7-6-8-14-37)38-22-27-42-41-16-9-11-17-47(41)54(4,5)48(42)32-38/h6-33H,1-5H3. The molecular weight excluding hydrogens is 735 g/mol. The molecule has 8 aromatic carbocycles. The van der Waals surface area contributed by atoms with E-state index in [4.69, 9.17) is 0 Å². The van der Waals surface area contributed by atoms with Gasteiger partial charge in [0.05, 0.1) is 0 Å². The molecule has 11 rings (SSSR count). The Morgan fingerprint density at radius 3 is 1.43 bits per heavy atom. The monoisotopic (exact) mass is 779 g/mol. The first-order chi connectivity index (χ1) is 27.2. The van der Waals surface area contributed by atoms with Crippen LogP contribution in [0.15, 0.2) is 170 Å². The van der Waals surface area contributed by atoms with Gasteiger partial charge in [-0.25, -0.2) is 0 Å². The molecule has 0 aromatic heterocycles. The number of para-hydroxylation sites is 1. The van der Waals surface area contributed by atoms with Gasteiger partial charge in [-0.3, -0.25) is 0 Å². The van der Waals surface area contributed by atoms with Gasteiger partial charge in [-0.2, -0.15) is 0 Å². The van der Waals surface area contributed by atoms with Crippen molar-refractivity contribution in [3.8, 4) is 44.5 Å². The second-order valence-corrected chi connectivity index (χ2v) is 24.4. The van der Waals surface area contributed by atoms with Gasteiger partial charge in [-0.15, -0.1) is 0 Å². The molecule has 0 saturated carbocycles. The van der Waals surface area contributed by atoms with Crippen molar-refractivity contribution in [1.29, 1.82) is 0 Å². The van der Waals surface area contributed by atoms with Crippen LogP contribution in [0.5, 0.6) is 0 Å². The number of aryl methyl sites for hydroxylation is 3. The van der Waals surface area contributed by atoms with Crippen LogP contribution in [-0.2, 0) is 5.41 Å². The molecule has 0 amide bonds. The first kappa shape index (κ1) is 33.4. The van der Waals surface area contributed by atoms with Crippen LogP contribution >= 0.6 is 0 Å². The molecule has 56 heavy (non-hydrogen) atoms. The van der Waals surface area contributed by atoms with E-state index >= 15 is 0 Å². The third-order valence-corrected chi connectivity index (χ3v) is 23.3. The quantitative estimate of drug-likeness (QED) is 0.161. The van der Waals surface area contributed by atoms with Crippen LogP contribution in [0.1, 0.15) is 41.7 Å². The molecule has 2 heterocycles. The summed E-state index contributed by atoms with van der Waals surface area (Å²) in [6, 6.07) is 65.3. The minimum absolute atomic E-state index is 0.115. The third-order valence-electron chi connectivity index (χ3n) is 13.0. The molecule has 0 saturated heterocycles. The Hall–Kier alpha value is -5.90. The topological polar surface area (TPSA) is 3.24 Å². The average Bonchev–Trinajstić information content (AvgIpc) is 3.75. The summed E-state index contributed by atoms with van der Waals surface area (Å²) >= 11 is -3.51. The van der Waals surface area contributed by atoms with Gasteiger partial charge in [0, 0.05) is 0 Å². The summed E-state index contributed by atoms with van der Waals surface area (Å²) in [7, 11) is 0. The van der Waals surface area contributed by atoms with E-state index in [0.29, 0.717) is 0 Å². The van der Waals surface area contributed by atoms with Crippen LogP contribution in [0.3, 0.4) is 0 Å². The van der Waals surface area contributed by atoms with E-state index in [1.54, 1.807) is 13.2 Å². The Morgan fingerprint density at radius 2 is 0.821 bits per heavy atom. The van der Waals surface area contributed by atoms with Crippen molar-refractivity contribution in [3.05, 3.63) is 198 Å². The molecule has 3 aliphatic rings. The Bertz CT molecular complexity index is 2860. The van der Waals surface area contributed by atoms with E-state index in [2.05, 4.69) is 209 Å². The maximum absolute atomic E-state index is 3.51. The van der Waals surface area contributed by atoms with Gasteiger partial charge in [0.25, 0.3) is 0 Å². The van der Waals surface area contributed by atoms with E-state index in [0.717, 1.165) is 0 Å². The summed E-state index contributed by atoms with van der Waals surface area (Å²) in [4.78, 5) is 2.55. The van der Waals surface area contributed by atoms with Crippen molar-refractivity contribution in [1.82, 2.24) is 0 Å². The number of nitrogens with zero attached hydrogens (tertiary/aromatic N) is 1. The number of rotatable bonds is 4. The van der Waals surface area contributed by atoms with Crippen molar-refractivity contribution in [2.75, 3.05) is 4.90 Å².